The molecule has 1 aliphatic carbocycles. The maximum absolute atomic E-state index is 12.9. The number of amides is 2. The number of benzene rings is 1. The highest BCUT2D eigenvalue weighted by Gasteiger charge is 2.42. The van der Waals surface area contributed by atoms with Crippen LogP contribution in [-0.4, -0.2) is 39.4 Å². The number of anilines is 1. The summed E-state index contributed by atoms with van der Waals surface area (Å²) in [6, 6.07) is 4.88. The van der Waals surface area contributed by atoms with Crippen LogP contribution >= 0.6 is 0 Å². The lowest BCUT2D eigenvalue weighted by atomic mass is 9.81. The van der Waals surface area contributed by atoms with E-state index in [1.54, 1.807) is 30.1 Å². The molecule has 1 saturated carbocycles. The van der Waals surface area contributed by atoms with Crippen LogP contribution in [0.2, 0.25) is 0 Å². The zero-order valence-corrected chi connectivity index (χ0v) is 20.2. The van der Waals surface area contributed by atoms with Crippen LogP contribution in [0.3, 0.4) is 0 Å². The van der Waals surface area contributed by atoms with E-state index in [1.165, 1.54) is 0 Å². The standard InChI is InChI=1S/C23H35N3O4S/c1-22(2,3)25-20(27)16-9-7-15(8-10-16)14-24-31(29,30)17-11-12-19-18(13-17)23(4,5)21(28)26(19)6/h11-13,15-16,24H,7-10,14H2,1-6H3,(H,25,27). The second-order valence-corrected chi connectivity index (χ2v) is 12.2. The van der Waals surface area contributed by atoms with Gasteiger partial charge < -0.3 is 10.2 Å². The third kappa shape index (κ3) is 4.95. The molecule has 2 amide bonds. The predicted octanol–water partition coefficient (Wildman–Crippen LogP) is 2.94. The summed E-state index contributed by atoms with van der Waals surface area (Å²) in [4.78, 5) is 26.6. The SMILES string of the molecule is CN1C(=O)C(C)(C)c2cc(S(=O)(=O)NCC3CCC(C(=O)NC(C)(C)C)CC3)ccc21. The van der Waals surface area contributed by atoms with Crippen LogP contribution in [-0.2, 0) is 25.0 Å². The minimum Gasteiger partial charge on any atom is -0.351 e. The van der Waals surface area contributed by atoms with Crippen molar-refractivity contribution in [1.29, 1.82) is 0 Å². The van der Waals surface area contributed by atoms with Gasteiger partial charge in [0.1, 0.15) is 0 Å². The highest BCUT2D eigenvalue weighted by molar-refractivity contribution is 7.89. The van der Waals surface area contributed by atoms with E-state index in [0.717, 1.165) is 36.9 Å². The van der Waals surface area contributed by atoms with E-state index < -0.39 is 15.4 Å². The summed E-state index contributed by atoms with van der Waals surface area (Å²) in [5.41, 5.74) is 0.490. The first kappa shape index (κ1) is 23.7. The number of nitrogens with one attached hydrogen (secondary N) is 2. The average molecular weight is 450 g/mol. The van der Waals surface area contributed by atoms with E-state index in [2.05, 4.69) is 10.0 Å². The molecular weight excluding hydrogens is 414 g/mol. The van der Waals surface area contributed by atoms with Gasteiger partial charge in [0.25, 0.3) is 0 Å². The summed E-state index contributed by atoms with van der Waals surface area (Å²) in [6.07, 6.45) is 3.19. The van der Waals surface area contributed by atoms with Crippen molar-refractivity contribution in [3.05, 3.63) is 23.8 Å². The molecular formula is C23H35N3O4S. The predicted molar refractivity (Wildman–Crippen MR) is 121 cm³/mol. The summed E-state index contributed by atoms with van der Waals surface area (Å²) in [6.45, 7) is 9.90. The third-order valence-corrected chi connectivity index (χ3v) is 7.85. The fourth-order valence-electron chi connectivity index (χ4n) is 4.53. The van der Waals surface area contributed by atoms with Crippen molar-refractivity contribution >= 4 is 27.5 Å². The zero-order chi connectivity index (χ0) is 23.2. The van der Waals surface area contributed by atoms with Gasteiger partial charge in [0, 0.05) is 30.7 Å². The minimum absolute atomic E-state index is 0.000510. The molecule has 0 bridgehead atoms. The van der Waals surface area contributed by atoms with Gasteiger partial charge in [0.05, 0.1) is 10.3 Å². The van der Waals surface area contributed by atoms with Crippen molar-refractivity contribution in [1.82, 2.24) is 10.0 Å². The van der Waals surface area contributed by atoms with Gasteiger partial charge in [-0.05, 0) is 90.0 Å². The fraction of sp³-hybridized carbons (Fsp3) is 0.652. The second-order valence-electron chi connectivity index (χ2n) is 10.5. The molecule has 1 heterocycles. The molecule has 0 spiro atoms. The summed E-state index contributed by atoms with van der Waals surface area (Å²) in [5, 5.41) is 3.04. The lowest BCUT2D eigenvalue weighted by Crippen LogP contribution is -2.45. The molecule has 2 aliphatic rings. The molecule has 2 N–H and O–H groups in total. The molecule has 0 radical (unpaired) electrons. The number of hydrogen-bond acceptors (Lipinski definition) is 4. The molecule has 3 rings (SSSR count). The number of hydrogen-bond donors (Lipinski definition) is 2. The summed E-state index contributed by atoms with van der Waals surface area (Å²) < 4.78 is 28.5. The molecule has 1 aromatic rings. The molecule has 31 heavy (non-hydrogen) atoms. The van der Waals surface area contributed by atoms with Crippen LogP contribution in [0.5, 0.6) is 0 Å². The van der Waals surface area contributed by atoms with Gasteiger partial charge in [0.2, 0.25) is 21.8 Å². The van der Waals surface area contributed by atoms with Crippen molar-refractivity contribution in [2.45, 2.75) is 76.2 Å². The Balaban J connectivity index is 1.61. The van der Waals surface area contributed by atoms with Crippen molar-refractivity contribution in [2.24, 2.45) is 11.8 Å². The quantitative estimate of drug-likeness (QED) is 0.722. The van der Waals surface area contributed by atoms with Crippen LogP contribution in [0.1, 0.15) is 65.9 Å². The Morgan fingerprint density at radius 3 is 2.35 bits per heavy atom. The Hall–Kier alpha value is -1.93. The van der Waals surface area contributed by atoms with Gasteiger partial charge in [-0.1, -0.05) is 0 Å². The largest absolute Gasteiger partial charge is 0.351 e. The lowest BCUT2D eigenvalue weighted by Gasteiger charge is -2.30. The van der Waals surface area contributed by atoms with E-state index >= 15 is 0 Å². The minimum atomic E-state index is -3.68. The number of nitrogens with zero attached hydrogens (tertiary/aromatic N) is 1. The van der Waals surface area contributed by atoms with E-state index in [0.29, 0.717) is 6.54 Å². The van der Waals surface area contributed by atoms with Crippen molar-refractivity contribution in [3.63, 3.8) is 0 Å². The van der Waals surface area contributed by atoms with Gasteiger partial charge in [0.15, 0.2) is 0 Å². The highest BCUT2D eigenvalue weighted by atomic mass is 32.2. The summed E-state index contributed by atoms with van der Waals surface area (Å²) in [5.74, 6) is 0.261. The summed E-state index contributed by atoms with van der Waals surface area (Å²) in [7, 11) is -1.97. The zero-order valence-electron chi connectivity index (χ0n) is 19.4. The normalized spacial score (nSPS) is 23.5. The van der Waals surface area contributed by atoms with Gasteiger partial charge in [-0.15, -0.1) is 0 Å². The van der Waals surface area contributed by atoms with Gasteiger partial charge in [-0.2, -0.15) is 0 Å². The number of carbonyl (C=O) groups is 2. The maximum Gasteiger partial charge on any atom is 0.240 e. The molecule has 0 saturated heterocycles. The Labute approximate surface area is 186 Å². The fourth-order valence-corrected chi connectivity index (χ4v) is 5.67. The Bertz CT molecular complexity index is 971. The van der Waals surface area contributed by atoms with Crippen LogP contribution in [0.15, 0.2) is 23.1 Å². The third-order valence-electron chi connectivity index (χ3n) is 6.43. The van der Waals surface area contributed by atoms with Crippen LogP contribution in [0, 0.1) is 11.8 Å². The Morgan fingerprint density at radius 2 is 1.77 bits per heavy atom. The summed E-state index contributed by atoms with van der Waals surface area (Å²) >= 11 is 0. The van der Waals surface area contributed by atoms with E-state index in [1.807, 2.05) is 34.6 Å². The monoisotopic (exact) mass is 449 g/mol. The van der Waals surface area contributed by atoms with E-state index in [-0.39, 0.29) is 34.1 Å². The van der Waals surface area contributed by atoms with Crippen LogP contribution < -0.4 is 14.9 Å². The topological polar surface area (TPSA) is 95.6 Å². The molecule has 1 fully saturated rings. The van der Waals surface area contributed by atoms with Gasteiger partial charge >= 0.3 is 0 Å². The van der Waals surface area contributed by atoms with Crippen molar-refractivity contribution in [3.8, 4) is 0 Å². The molecule has 0 atom stereocenters. The number of likely N-dealkylation sites (N-methyl/N-ethyl adjacent to an activating group) is 1. The smallest absolute Gasteiger partial charge is 0.240 e. The lowest BCUT2D eigenvalue weighted by molar-refractivity contribution is -0.127. The number of carbonyl (C=O) groups excluding carboxylic acids is 2. The molecule has 0 unspecified atom stereocenters. The number of sulfonamides is 1. The molecule has 7 nitrogen and oxygen atoms in total. The molecule has 172 valence electrons. The van der Waals surface area contributed by atoms with E-state index in [9.17, 15) is 18.0 Å². The van der Waals surface area contributed by atoms with Crippen molar-refractivity contribution < 1.29 is 18.0 Å². The van der Waals surface area contributed by atoms with Gasteiger partial charge in [-0.3, -0.25) is 9.59 Å². The molecule has 0 aromatic heterocycles. The Morgan fingerprint density at radius 1 is 1.16 bits per heavy atom. The van der Waals surface area contributed by atoms with E-state index in [4.69, 9.17) is 0 Å². The molecule has 8 heteroatoms. The van der Waals surface area contributed by atoms with Gasteiger partial charge in [-0.25, -0.2) is 13.1 Å². The highest BCUT2D eigenvalue weighted by Crippen LogP contribution is 2.41. The molecule has 1 aliphatic heterocycles. The molecule has 1 aromatic carbocycles. The average Bonchev–Trinajstić information content (AvgIpc) is 2.86. The first-order chi connectivity index (χ1) is 14.2. The number of rotatable bonds is 5. The van der Waals surface area contributed by atoms with Crippen LogP contribution in [0.25, 0.3) is 0 Å². The maximum atomic E-state index is 12.9. The first-order valence-corrected chi connectivity index (χ1v) is 12.4. The van der Waals surface area contributed by atoms with Crippen LogP contribution in [0.4, 0.5) is 5.69 Å². The van der Waals surface area contributed by atoms with Crippen molar-refractivity contribution in [2.75, 3.05) is 18.5 Å². The second kappa shape index (κ2) is 8.20. The first-order valence-electron chi connectivity index (χ1n) is 11.0. The number of fused-ring (bicyclic) bond motifs is 1. The Kier molecular flexibility index (Phi) is 6.28.